The summed E-state index contributed by atoms with van der Waals surface area (Å²) in [5, 5.41) is 11.6. The SMILES string of the molecule is CC(CC(=O)O)Nc1cccc(Br)c1C(N)=O. The molecular formula is C11H13BrN2O3. The van der Waals surface area contributed by atoms with Crippen LogP contribution in [-0.2, 0) is 4.79 Å². The van der Waals surface area contributed by atoms with Crippen molar-refractivity contribution in [1.29, 1.82) is 0 Å². The van der Waals surface area contributed by atoms with Gasteiger partial charge >= 0.3 is 5.97 Å². The number of nitrogens with two attached hydrogens (primary N) is 1. The number of rotatable bonds is 5. The molecule has 1 atom stereocenters. The Labute approximate surface area is 107 Å². The first-order valence-electron chi connectivity index (χ1n) is 4.98. The number of hydrogen-bond donors (Lipinski definition) is 3. The summed E-state index contributed by atoms with van der Waals surface area (Å²) in [7, 11) is 0. The molecule has 0 aliphatic heterocycles. The number of anilines is 1. The monoisotopic (exact) mass is 300 g/mol. The van der Waals surface area contributed by atoms with Crippen molar-refractivity contribution in [3.8, 4) is 0 Å². The quantitative estimate of drug-likeness (QED) is 0.773. The fraction of sp³-hybridized carbons (Fsp3) is 0.273. The van der Waals surface area contributed by atoms with Crippen LogP contribution in [0.4, 0.5) is 5.69 Å². The van der Waals surface area contributed by atoms with Gasteiger partial charge in [-0.2, -0.15) is 0 Å². The first-order valence-corrected chi connectivity index (χ1v) is 5.77. The van der Waals surface area contributed by atoms with Gasteiger partial charge in [0.05, 0.1) is 12.0 Å². The van der Waals surface area contributed by atoms with Gasteiger partial charge in [0.15, 0.2) is 0 Å². The largest absolute Gasteiger partial charge is 0.481 e. The summed E-state index contributed by atoms with van der Waals surface area (Å²) in [4.78, 5) is 21.8. The fourth-order valence-corrected chi connectivity index (χ4v) is 2.03. The molecule has 1 amide bonds. The number of carboxylic acids is 1. The predicted molar refractivity (Wildman–Crippen MR) is 68.0 cm³/mol. The number of aliphatic carboxylic acids is 1. The summed E-state index contributed by atoms with van der Waals surface area (Å²) in [6, 6.07) is 4.84. The Kier molecular flexibility index (Phi) is 4.51. The zero-order valence-corrected chi connectivity index (χ0v) is 10.8. The second-order valence-electron chi connectivity index (χ2n) is 3.67. The lowest BCUT2D eigenvalue weighted by molar-refractivity contribution is -0.137. The van der Waals surface area contributed by atoms with Gasteiger partial charge in [-0.1, -0.05) is 6.07 Å². The summed E-state index contributed by atoms with van der Waals surface area (Å²) in [5.41, 5.74) is 6.12. The smallest absolute Gasteiger partial charge is 0.305 e. The summed E-state index contributed by atoms with van der Waals surface area (Å²) in [6.45, 7) is 1.72. The van der Waals surface area contributed by atoms with Crippen molar-refractivity contribution in [2.45, 2.75) is 19.4 Å². The van der Waals surface area contributed by atoms with E-state index in [9.17, 15) is 9.59 Å². The third-order valence-electron chi connectivity index (χ3n) is 2.14. The van der Waals surface area contributed by atoms with E-state index in [0.29, 0.717) is 15.7 Å². The first kappa shape index (κ1) is 13.5. The lowest BCUT2D eigenvalue weighted by Crippen LogP contribution is -2.22. The molecule has 1 unspecified atom stereocenters. The van der Waals surface area contributed by atoms with Gasteiger partial charge in [0.1, 0.15) is 0 Å². The Bertz CT molecular complexity index is 448. The third kappa shape index (κ3) is 3.74. The van der Waals surface area contributed by atoms with Crippen LogP contribution >= 0.6 is 15.9 Å². The van der Waals surface area contributed by atoms with E-state index in [1.54, 1.807) is 25.1 Å². The van der Waals surface area contributed by atoms with Crippen molar-refractivity contribution in [3.63, 3.8) is 0 Å². The van der Waals surface area contributed by atoms with Gasteiger partial charge in [-0.3, -0.25) is 9.59 Å². The van der Waals surface area contributed by atoms with Crippen LogP contribution in [0.3, 0.4) is 0 Å². The van der Waals surface area contributed by atoms with Crippen LogP contribution in [0.25, 0.3) is 0 Å². The first-order chi connectivity index (χ1) is 7.91. The van der Waals surface area contributed by atoms with E-state index in [2.05, 4.69) is 21.2 Å². The minimum Gasteiger partial charge on any atom is -0.481 e. The van der Waals surface area contributed by atoms with Crippen molar-refractivity contribution in [1.82, 2.24) is 0 Å². The molecule has 1 rings (SSSR count). The second-order valence-corrected chi connectivity index (χ2v) is 4.52. The average molecular weight is 301 g/mol. The maximum atomic E-state index is 11.3. The number of carboxylic acid groups (broad SMARTS) is 1. The lowest BCUT2D eigenvalue weighted by Gasteiger charge is -2.16. The van der Waals surface area contributed by atoms with Gasteiger partial charge in [-0.15, -0.1) is 0 Å². The Balaban J connectivity index is 2.94. The molecule has 0 aliphatic rings. The molecule has 0 bridgehead atoms. The summed E-state index contributed by atoms with van der Waals surface area (Å²) < 4.78 is 0.581. The second kappa shape index (κ2) is 5.67. The van der Waals surface area contributed by atoms with E-state index >= 15 is 0 Å². The molecule has 0 saturated carbocycles. The molecule has 0 spiro atoms. The molecule has 17 heavy (non-hydrogen) atoms. The Morgan fingerprint density at radius 1 is 1.53 bits per heavy atom. The van der Waals surface area contributed by atoms with Crippen molar-refractivity contribution >= 4 is 33.5 Å². The number of carbonyl (C=O) groups is 2. The summed E-state index contributed by atoms with van der Waals surface area (Å²) >= 11 is 3.23. The molecule has 1 aromatic rings. The molecule has 1 aromatic carbocycles. The fourth-order valence-electron chi connectivity index (χ4n) is 1.47. The number of nitrogens with one attached hydrogen (secondary N) is 1. The highest BCUT2D eigenvalue weighted by molar-refractivity contribution is 9.10. The van der Waals surface area contributed by atoms with Crippen LogP contribution in [0.1, 0.15) is 23.7 Å². The number of carbonyl (C=O) groups excluding carboxylic acids is 1. The normalized spacial score (nSPS) is 11.9. The molecule has 0 aliphatic carbocycles. The van der Waals surface area contributed by atoms with Gasteiger partial charge in [-0.25, -0.2) is 0 Å². The van der Waals surface area contributed by atoms with E-state index < -0.39 is 11.9 Å². The molecule has 0 saturated heterocycles. The van der Waals surface area contributed by atoms with Crippen molar-refractivity contribution in [2.24, 2.45) is 5.73 Å². The van der Waals surface area contributed by atoms with Crippen LogP contribution in [-0.4, -0.2) is 23.0 Å². The highest BCUT2D eigenvalue weighted by Crippen LogP contribution is 2.25. The molecule has 92 valence electrons. The molecule has 6 heteroatoms. The highest BCUT2D eigenvalue weighted by Gasteiger charge is 2.14. The summed E-state index contributed by atoms with van der Waals surface area (Å²) in [6.07, 6.45) is -0.0370. The molecule has 0 aromatic heterocycles. The van der Waals surface area contributed by atoms with Crippen molar-refractivity contribution in [2.75, 3.05) is 5.32 Å². The molecular weight excluding hydrogens is 288 g/mol. The Morgan fingerprint density at radius 2 is 2.18 bits per heavy atom. The van der Waals surface area contributed by atoms with E-state index in [1.165, 1.54) is 0 Å². The average Bonchev–Trinajstić information content (AvgIpc) is 2.15. The van der Waals surface area contributed by atoms with Gasteiger partial charge in [-0.05, 0) is 35.0 Å². The van der Waals surface area contributed by atoms with Crippen molar-refractivity contribution in [3.05, 3.63) is 28.2 Å². The Hall–Kier alpha value is -1.56. The van der Waals surface area contributed by atoms with Gasteiger partial charge in [0, 0.05) is 16.2 Å². The number of amides is 1. The number of halogens is 1. The molecule has 5 nitrogen and oxygen atoms in total. The molecule has 0 heterocycles. The van der Waals surface area contributed by atoms with E-state index in [0.717, 1.165) is 0 Å². The van der Waals surface area contributed by atoms with Crippen LogP contribution in [0.15, 0.2) is 22.7 Å². The lowest BCUT2D eigenvalue weighted by atomic mass is 10.1. The maximum absolute atomic E-state index is 11.3. The van der Waals surface area contributed by atoms with Crippen LogP contribution in [0, 0.1) is 0 Å². The van der Waals surface area contributed by atoms with Gasteiger partial charge in [0.25, 0.3) is 5.91 Å². The van der Waals surface area contributed by atoms with E-state index in [4.69, 9.17) is 10.8 Å². The van der Waals surface area contributed by atoms with Crippen LogP contribution in [0.2, 0.25) is 0 Å². The van der Waals surface area contributed by atoms with Crippen LogP contribution < -0.4 is 11.1 Å². The molecule has 4 N–H and O–H groups in total. The zero-order chi connectivity index (χ0) is 13.0. The molecule has 0 fully saturated rings. The topological polar surface area (TPSA) is 92.4 Å². The van der Waals surface area contributed by atoms with Gasteiger partial charge in [0.2, 0.25) is 0 Å². The van der Waals surface area contributed by atoms with Crippen LogP contribution in [0.5, 0.6) is 0 Å². The minimum absolute atomic E-state index is 0.0370. The number of hydrogen-bond acceptors (Lipinski definition) is 3. The van der Waals surface area contributed by atoms with Gasteiger partial charge < -0.3 is 16.2 Å². The third-order valence-corrected chi connectivity index (χ3v) is 2.80. The number of primary amides is 1. The zero-order valence-electron chi connectivity index (χ0n) is 9.24. The highest BCUT2D eigenvalue weighted by atomic mass is 79.9. The molecule has 0 radical (unpaired) electrons. The maximum Gasteiger partial charge on any atom is 0.305 e. The Morgan fingerprint density at radius 3 is 2.71 bits per heavy atom. The van der Waals surface area contributed by atoms with Crippen molar-refractivity contribution < 1.29 is 14.7 Å². The summed E-state index contributed by atoms with van der Waals surface area (Å²) in [5.74, 6) is -1.47. The van der Waals surface area contributed by atoms with E-state index in [-0.39, 0.29) is 12.5 Å². The van der Waals surface area contributed by atoms with E-state index in [1.807, 2.05) is 0 Å². The number of benzene rings is 1. The minimum atomic E-state index is -0.902. The predicted octanol–water partition coefficient (Wildman–Crippen LogP) is 1.82. The standard InChI is InChI=1S/C11H13BrN2O3/c1-6(5-9(15)16)14-8-4-2-3-7(12)10(8)11(13)17/h2-4,6,14H,5H2,1H3,(H2,13,17)(H,15,16).